The molecule has 0 atom stereocenters. The van der Waals surface area contributed by atoms with E-state index in [0.29, 0.717) is 36.9 Å². The standard InChI is InChI=1S/C23H30N4O4S2/c1-6-26(7-2)33(29,30)19-11-8-17(9-12-19)22(28)27(15-14-25(3)4)23-24-20-13-10-18(31-5)16-21(20)32-23/h8-13,16H,6-7,14-15H2,1-5H3. The van der Waals surface area contributed by atoms with E-state index in [2.05, 4.69) is 4.98 Å². The Bertz CT molecular complexity index is 1200. The molecule has 0 N–H and O–H groups in total. The van der Waals surface area contributed by atoms with Crippen LogP contribution in [0.2, 0.25) is 0 Å². The van der Waals surface area contributed by atoms with Crippen LogP contribution in [0, 0.1) is 0 Å². The molecule has 1 amide bonds. The molecule has 0 saturated carbocycles. The van der Waals surface area contributed by atoms with E-state index in [9.17, 15) is 13.2 Å². The fourth-order valence-corrected chi connectivity index (χ4v) is 5.83. The van der Waals surface area contributed by atoms with Crippen molar-refractivity contribution in [1.82, 2.24) is 14.2 Å². The van der Waals surface area contributed by atoms with E-state index in [4.69, 9.17) is 4.74 Å². The van der Waals surface area contributed by atoms with Gasteiger partial charge in [-0.2, -0.15) is 4.31 Å². The molecule has 1 heterocycles. The number of ether oxygens (including phenoxy) is 1. The van der Waals surface area contributed by atoms with Gasteiger partial charge < -0.3 is 9.64 Å². The predicted molar refractivity (Wildman–Crippen MR) is 133 cm³/mol. The number of aromatic nitrogens is 1. The summed E-state index contributed by atoms with van der Waals surface area (Å²) < 4.78 is 33.1. The molecule has 0 radical (unpaired) electrons. The molecule has 1 aromatic heterocycles. The van der Waals surface area contributed by atoms with Gasteiger partial charge in [-0.25, -0.2) is 13.4 Å². The fraction of sp³-hybridized carbons (Fsp3) is 0.391. The van der Waals surface area contributed by atoms with E-state index in [1.165, 1.54) is 27.8 Å². The second kappa shape index (κ2) is 10.6. The summed E-state index contributed by atoms with van der Waals surface area (Å²) >= 11 is 1.42. The van der Waals surface area contributed by atoms with Gasteiger partial charge in [0.1, 0.15) is 5.75 Å². The Morgan fingerprint density at radius 1 is 1.03 bits per heavy atom. The normalized spacial score (nSPS) is 12.0. The zero-order valence-corrected chi connectivity index (χ0v) is 21.2. The maximum absolute atomic E-state index is 13.5. The molecule has 33 heavy (non-hydrogen) atoms. The Morgan fingerprint density at radius 3 is 2.27 bits per heavy atom. The Kier molecular flexibility index (Phi) is 8.06. The van der Waals surface area contributed by atoms with Gasteiger partial charge in [0.25, 0.3) is 5.91 Å². The van der Waals surface area contributed by atoms with Crippen LogP contribution in [0.5, 0.6) is 5.75 Å². The van der Waals surface area contributed by atoms with Gasteiger partial charge in [-0.05, 0) is 56.6 Å². The third kappa shape index (κ3) is 5.52. The summed E-state index contributed by atoms with van der Waals surface area (Å²) in [5.41, 5.74) is 1.20. The monoisotopic (exact) mass is 490 g/mol. The summed E-state index contributed by atoms with van der Waals surface area (Å²) in [7, 11) is 1.92. The number of methoxy groups -OCH3 is 1. The van der Waals surface area contributed by atoms with E-state index in [1.54, 1.807) is 38.0 Å². The van der Waals surface area contributed by atoms with Crippen LogP contribution in [-0.4, -0.2) is 75.9 Å². The fourth-order valence-electron chi connectivity index (χ4n) is 3.36. The maximum Gasteiger partial charge on any atom is 0.260 e. The van der Waals surface area contributed by atoms with Crippen LogP contribution in [0.3, 0.4) is 0 Å². The molecular formula is C23H30N4O4S2. The minimum atomic E-state index is -3.58. The zero-order chi connectivity index (χ0) is 24.2. The number of carbonyl (C=O) groups excluding carboxylic acids is 1. The Morgan fingerprint density at radius 2 is 1.70 bits per heavy atom. The van der Waals surface area contributed by atoms with Crippen LogP contribution in [0.25, 0.3) is 10.2 Å². The highest BCUT2D eigenvalue weighted by Crippen LogP contribution is 2.32. The lowest BCUT2D eigenvalue weighted by atomic mass is 10.2. The molecule has 0 aliphatic carbocycles. The molecule has 0 spiro atoms. The molecule has 0 aliphatic rings. The van der Waals surface area contributed by atoms with Gasteiger partial charge in [0.15, 0.2) is 5.13 Å². The van der Waals surface area contributed by atoms with Gasteiger partial charge in [0.2, 0.25) is 10.0 Å². The van der Waals surface area contributed by atoms with Crippen LogP contribution < -0.4 is 9.64 Å². The number of benzene rings is 2. The second-order valence-electron chi connectivity index (χ2n) is 7.70. The molecule has 0 bridgehead atoms. The lowest BCUT2D eigenvalue weighted by Crippen LogP contribution is -2.36. The molecule has 2 aromatic carbocycles. The van der Waals surface area contributed by atoms with Crippen molar-refractivity contribution < 1.29 is 17.9 Å². The summed E-state index contributed by atoms with van der Waals surface area (Å²) in [6.07, 6.45) is 0. The number of hydrogen-bond acceptors (Lipinski definition) is 7. The van der Waals surface area contributed by atoms with Crippen molar-refractivity contribution in [2.45, 2.75) is 18.7 Å². The molecule has 10 heteroatoms. The van der Waals surface area contributed by atoms with E-state index in [-0.39, 0.29) is 10.8 Å². The van der Waals surface area contributed by atoms with Crippen LogP contribution in [-0.2, 0) is 10.0 Å². The number of likely N-dealkylation sites (N-methyl/N-ethyl adjacent to an activating group) is 1. The third-order valence-corrected chi connectivity index (χ3v) is 8.38. The van der Waals surface area contributed by atoms with Crippen molar-refractivity contribution in [2.24, 2.45) is 0 Å². The molecule has 0 unspecified atom stereocenters. The molecule has 8 nitrogen and oxygen atoms in total. The first-order chi connectivity index (χ1) is 15.7. The lowest BCUT2D eigenvalue weighted by molar-refractivity contribution is 0.0985. The topological polar surface area (TPSA) is 83.1 Å². The number of hydrogen-bond donors (Lipinski definition) is 0. The Hall–Kier alpha value is -2.53. The molecule has 0 fully saturated rings. The number of nitrogens with zero attached hydrogens (tertiary/aromatic N) is 4. The van der Waals surface area contributed by atoms with Crippen molar-refractivity contribution in [3.63, 3.8) is 0 Å². The Labute approximate surface area is 199 Å². The first-order valence-corrected chi connectivity index (χ1v) is 13.0. The van der Waals surface area contributed by atoms with Crippen LogP contribution in [0.4, 0.5) is 5.13 Å². The van der Waals surface area contributed by atoms with Crippen LogP contribution >= 0.6 is 11.3 Å². The van der Waals surface area contributed by atoms with E-state index >= 15 is 0 Å². The van der Waals surface area contributed by atoms with E-state index in [0.717, 1.165) is 16.0 Å². The maximum atomic E-state index is 13.5. The second-order valence-corrected chi connectivity index (χ2v) is 10.7. The highest BCUT2D eigenvalue weighted by atomic mass is 32.2. The summed E-state index contributed by atoms with van der Waals surface area (Å²) in [6.45, 7) is 5.48. The molecular weight excluding hydrogens is 460 g/mol. The number of rotatable bonds is 10. The van der Waals surface area contributed by atoms with E-state index < -0.39 is 10.0 Å². The van der Waals surface area contributed by atoms with Crippen molar-refractivity contribution in [3.05, 3.63) is 48.0 Å². The van der Waals surface area contributed by atoms with Gasteiger partial charge in [-0.3, -0.25) is 9.69 Å². The Balaban J connectivity index is 1.94. The van der Waals surface area contributed by atoms with Gasteiger partial charge in [0.05, 0.1) is 22.2 Å². The SMILES string of the molecule is CCN(CC)S(=O)(=O)c1ccc(C(=O)N(CCN(C)C)c2nc3ccc(OC)cc3s2)cc1. The summed E-state index contributed by atoms with van der Waals surface area (Å²) in [4.78, 5) is 21.9. The van der Waals surface area contributed by atoms with Crippen LogP contribution in [0.1, 0.15) is 24.2 Å². The largest absolute Gasteiger partial charge is 0.497 e. The molecule has 0 saturated heterocycles. The number of sulfonamides is 1. The first kappa shape index (κ1) is 25.1. The summed E-state index contributed by atoms with van der Waals surface area (Å²) in [5, 5.41) is 0.588. The highest BCUT2D eigenvalue weighted by molar-refractivity contribution is 7.89. The van der Waals surface area contributed by atoms with E-state index in [1.807, 2.05) is 37.2 Å². The highest BCUT2D eigenvalue weighted by Gasteiger charge is 2.24. The van der Waals surface area contributed by atoms with Gasteiger partial charge in [0, 0.05) is 31.7 Å². The number of carbonyl (C=O) groups is 1. The van der Waals surface area contributed by atoms with Gasteiger partial charge in [-0.1, -0.05) is 25.2 Å². The number of thiazole rings is 1. The average Bonchev–Trinajstić information content (AvgIpc) is 3.22. The minimum absolute atomic E-state index is 0.176. The number of fused-ring (bicyclic) bond motifs is 1. The molecule has 178 valence electrons. The van der Waals surface area contributed by atoms with Crippen molar-refractivity contribution in [1.29, 1.82) is 0 Å². The van der Waals surface area contributed by atoms with Crippen molar-refractivity contribution >= 4 is 42.6 Å². The van der Waals surface area contributed by atoms with Crippen molar-refractivity contribution in [3.8, 4) is 5.75 Å². The van der Waals surface area contributed by atoms with Gasteiger partial charge in [-0.15, -0.1) is 0 Å². The van der Waals surface area contributed by atoms with Crippen LogP contribution in [0.15, 0.2) is 47.4 Å². The third-order valence-electron chi connectivity index (χ3n) is 5.28. The number of amides is 1. The summed E-state index contributed by atoms with van der Waals surface area (Å²) in [6, 6.07) is 11.7. The van der Waals surface area contributed by atoms with Crippen molar-refractivity contribution in [2.75, 3.05) is 52.3 Å². The molecule has 3 aromatic rings. The minimum Gasteiger partial charge on any atom is -0.497 e. The quantitative estimate of drug-likeness (QED) is 0.432. The molecule has 0 aliphatic heterocycles. The summed E-state index contributed by atoms with van der Waals surface area (Å²) in [5.74, 6) is 0.503. The van der Waals surface area contributed by atoms with Gasteiger partial charge >= 0.3 is 0 Å². The average molecular weight is 491 g/mol. The molecule has 3 rings (SSSR count). The number of anilines is 1. The zero-order valence-electron chi connectivity index (χ0n) is 19.6. The lowest BCUT2D eigenvalue weighted by Gasteiger charge is -2.22. The first-order valence-electron chi connectivity index (χ1n) is 10.7. The predicted octanol–water partition coefficient (Wildman–Crippen LogP) is 3.54. The smallest absolute Gasteiger partial charge is 0.260 e.